The van der Waals surface area contributed by atoms with Crippen molar-refractivity contribution < 1.29 is 9.47 Å². The highest BCUT2D eigenvalue weighted by Crippen LogP contribution is 2.45. The molecule has 1 atom stereocenters. The predicted molar refractivity (Wildman–Crippen MR) is 92.0 cm³/mol. The fourth-order valence-corrected chi connectivity index (χ4v) is 4.04. The molecule has 1 aliphatic carbocycles. The number of rotatable bonds is 5. The lowest BCUT2D eigenvalue weighted by molar-refractivity contribution is -0.197. The Morgan fingerprint density at radius 2 is 1.82 bits per heavy atom. The smallest absolute Gasteiger partial charge is 0.168 e. The summed E-state index contributed by atoms with van der Waals surface area (Å²) in [5.74, 6) is 0.558. The summed E-state index contributed by atoms with van der Waals surface area (Å²) in [5.41, 5.74) is 0.415. The number of hydrogen-bond acceptors (Lipinski definition) is 3. The Labute approximate surface area is 137 Å². The second-order valence-electron chi connectivity index (χ2n) is 8.61. The molecule has 3 heteroatoms. The summed E-state index contributed by atoms with van der Waals surface area (Å²) in [4.78, 5) is 2.50. The van der Waals surface area contributed by atoms with Crippen molar-refractivity contribution >= 4 is 0 Å². The Morgan fingerprint density at radius 1 is 1.18 bits per heavy atom. The van der Waals surface area contributed by atoms with Crippen molar-refractivity contribution in [2.75, 3.05) is 19.7 Å². The van der Waals surface area contributed by atoms with E-state index >= 15 is 0 Å². The van der Waals surface area contributed by atoms with Crippen LogP contribution in [0, 0.1) is 11.3 Å². The van der Waals surface area contributed by atoms with Gasteiger partial charge in [0.25, 0.3) is 0 Å². The van der Waals surface area contributed by atoms with Gasteiger partial charge in [-0.3, -0.25) is 0 Å². The van der Waals surface area contributed by atoms with Gasteiger partial charge in [0, 0.05) is 25.4 Å². The fourth-order valence-electron chi connectivity index (χ4n) is 4.04. The lowest BCUT2D eigenvalue weighted by Crippen LogP contribution is -2.39. The summed E-state index contributed by atoms with van der Waals surface area (Å²) in [6.07, 6.45) is 6.02. The van der Waals surface area contributed by atoms with E-state index < -0.39 is 0 Å². The number of nitrogens with zero attached hydrogens (tertiary/aromatic N) is 1. The molecule has 0 aromatic carbocycles. The Bertz CT molecular complexity index is 340. The van der Waals surface area contributed by atoms with Crippen LogP contribution in [0.2, 0.25) is 0 Å². The van der Waals surface area contributed by atoms with Crippen LogP contribution in [-0.2, 0) is 9.47 Å². The molecule has 2 fully saturated rings. The molecular weight excluding hydrogens is 274 g/mol. The van der Waals surface area contributed by atoms with Gasteiger partial charge >= 0.3 is 0 Å². The van der Waals surface area contributed by atoms with Crippen LogP contribution >= 0.6 is 0 Å². The normalized spacial score (nSPS) is 33.3. The Hall–Kier alpha value is -0.120. The monoisotopic (exact) mass is 311 g/mol. The Kier molecular flexibility index (Phi) is 5.95. The highest BCUT2D eigenvalue weighted by Gasteiger charge is 2.45. The molecule has 1 heterocycles. The molecule has 3 nitrogen and oxygen atoms in total. The molecule has 1 saturated carbocycles. The van der Waals surface area contributed by atoms with E-state index in [1.54, 1.807) is 0 Å². The largest absolute Gasteiger partial charge is 0.347 e. The molecule has 130 valence electrons. The third-order valence-corrected chi connectivity index (χ3v) is 5.76. The van der Waals surface area contributed by atoms with Crippen LogP contribution in [0.4, 0.5) is 0 Å². The summed E-state index contributed by atoms with van der Waals surface area (Å²) in [5, 5.41) is 0. The van der Waals surface area contributed by atoms with E-state index in [0.717, 1.165) is 44.9 Å². The predicted octanol–water partition coefficient (Wildman–Crippen LogP) is 4.45. The zero-order valence-electron chi connectivity index (χ0n) is 15.7. The van der Waals surface area contributed by atoms with Crippen LogP contribution in [0.3, 0.4) is 0 Å². The standard InChI is InChI=1S/C19H37NO2/c1-7-20(15(2)3)13-10-17-14-21-19(22-17)11-8-16(9-12-19)18(4,5)6/h15-17H,7-14H2,1-6H3. The molecule has 0 radical (unpaired) electrons. The van der Waals surface area contributed by atoms with Crippen LogP contribution < -0.4 is 0 Å². The summed E-state index contributed by atoms with van der Waals surface area (Å²) < 4.78 is 12.5. The van der Waals surface area contributed by atoms with Gasteiger partial charge in [0.2, 0.25) is 0 Å². The zero-order chi connectivity index (χ0) is 16.4. The molecular formula is C19H37NO2. The van der Waals surface area contributed by atoms with Gasteiger partial charge < -0.3 is 14.4 Å². The molecule has 2 aliphatic rings. The van der Waals surface area contributed by atoms with E-state index in [-0.39, 0.29) is 5.79 Å². The Morgan fingerprint density at radius 3 is 2.32 bits per heavy atom. The van der Waals surface area contributed by atoms with Gasteiger partial charge in [-0.1, -0.05) is 27.7 Å². The average molecular weight is 312 g/mol. The maximum absolute atomic E-state index is 6.38. The van der Waals surface area contributed by atoms with Crippen molar-refractivity contribution in [2.24, 2.45) is 11.3 Å². The van der Waals surface area contributed by atoms with Crippen molar-refractivity contribution in [1.82, 2.24) is 4.90 Å². The summed E-state index contributed by atoms with van der Waals surface area (Å²) >= 11 is 0. The van der Waals surface area contributed by atoms with Crippen molar-refractivity contribution in [3.8, 4) is 0 Å². The average Bonchev–Trinajstić information content (AvgIpc) is 2.81. The topological polar surface area (TPSA) is 21.7 Å². The highest BCUT2D eigenvalue weighted by atomic mass is 16.7. The lowest BCUT2D eigenvalue weighted by Gasteiger charge is -2.41. The first-order chi connectivity index (χ1) is 10.3. The Balaban J connectivity index is 1.78. The van der Waals surface area contributed by atoms with Crippen molar-refractivity contribution in [3.63, 3.8) is 0 Å². The minimum atomic E-state index is -0.249. The SMILES string of the molecule is CCN(CCC1COC2(CCC(C(C)(C)C)CC2)O1)C(C)C. The van der Waals surface area contributed by atoms with E-state index in [1.807, 2.05) is 0 Å². The van der Waals surface area contributed by atoms with Crippen molar-refractivity contribution in [1.29, 1.82) is 0 Å². The van der Waals surface area contributed by atoms with E-state index in [0.29, 0.717) is 17.6 Å². The maximum Gasteiger partial charge on any atom is 0.168 e. The molecule has 0 aromatic rings. The molecule has 22 heavy (non-hydrogen) atoms. The minimum absolute atomic E-state index is 0.249. The second-order valence-corrected chi connectivity index (χ2v) is 8.61. The van der Waals surface area contributed by atoms with E-state index in [9.17, 15) is 0 Å². The van der Waals surface area contributed by atoms with Crippen LogP contribution in [0.1, 0.15) is 73.6 Å². The van der Waals surface area contributed by atoms with E-state index in [2.05, 4.69) is 46.4 Å². The van der Waals surface area contributed by atoms with Gasteiger partial charge in [0.1, 0.15) is 0 Å². The molecule has 0 bridgehead atoms. The van der Waals surface area contributed by atoms with Crippen molar-refractivity contribution in [3.05, 3.63) is 0 Å². The summed E-state index contributed by atoms with van der Waals surface area (Å²) in [6, 6.07) is 0.614. The quantitative estimate of drug-likeness (QED) is 0.748. The van der Waals surface area contributed by atoms with E-state index in [1.165, 1.54) is 12.8 Å². The molecule has 0 aromatic heterocycles. The molecule has 2 rings (SSSR count). The van der Waals surface area contributed by atoms with Gasteiger partial charge in [-0.25, -0.2) is 0 Å². The first kappa shape index (κ1) is 18.2. The molecule has 1 spiro atoms. The van der Waals surface area contributed by atoms with Crippen LogP contribution in [0.5, 0.6) is 0 Å². The van der Waals surface area contributed by atoms with Gasteiger partial charge in [-0.2, -0.15) is 0 Å². The van der Waals surface area contributed by atoms with E-state index in [4.69, 9.17) is 9.47 Å². The summed E-state index contributed by atoms with van der Waals surface area (Å²) in [6.45, 7) is 16.9. The van der Waals surface area contributed by atoms with Gasteiger partial charge in [-0.15, -0.1) is 0 Å². The van der Waals surface area contributed by atoms with Crippen molar-refractivity contribution in [2.45, 2.75) is 91.6 Å². The van der Waals surface area contributed by atoms with Gasteiger partial charge in [-0.05, 0) is 51.0 Å². The molecule has 0 N–H and O–H groups in total. The first-order valence-corrected chi connectivity index (χ1v) is 9.31. The molecule has 1 aliphatic heterocycles. The first-order valence-electron chi connectivity index (χ1n) is 9.31. The van der Waals surface area contributed by atoms with Crippen LogP contribution in [0.25, 0.3) is 0 Å². The van der Waals surface area contributed by atoms with Crippen LogP contribution in [-0.4, -0.2) is 42.5 Å². The summed E-state index contributed by atoms with van der Waals surface area (Å²) in [7, 11) is 0. The third-order valence-electron chi connectivity index (χ3n) is 5.76. The number of ether oxygens (including phenoxy) is 2. The third kappa shape index (κ3) is 4.46. The highest BCUT2D eigenvalue weighted by molar-refractivity contribution is 4.89. The van der Waals surface area contributed by atoms with Gasteiger partial charge in [0.05, 0.1) is 12.7 Å². The van der Waals surface area contributed by atoms with Gasteiger partial charge in [0.15, 0.2) is 5.79 Å². The molecule has 0 amide bonds. The molecule has 1 saturated heterocycles. The number of hydrogen-bond donors (Lipinski definition) is 0. The molecule has 1 unspecified atom stereocenters. The minimum Gasteiger partial charge on any atom is -0.347 e. The fraction of sp³-hybridized carbons (Fsp3) is 1.00. The lowest BCUT2D eigenvalue weighted by atomic mass is 9.71. The zero-order valence-corrected chi connectivity index (χ0v) is 15.7. The maximum atomic E-state index is 6.38. The van der Waals surface area contributed by atoms with Crippen LogP contribution in [0.15, 0.2) is 0 Å². The second kappa shape index (κ2) is 7.19.